The molecule has 0 rings (SSSR count). The standard InChI is InChI=1S/C46H94/c1-24-26(3)28(5)30(7)32(9)34(11)36(13)38(15)40(17)42(19)44(21)46(23)45(22)43(20)41(18)39(16)37(14)35(12)33(10)31(8)29(6)27(4)25-2/h26-46H,24-25H2,1-23H3. The van der Waals surface area contributed by atoms with Crippen molar-refractivity contribution in [3.8, 4) is 0 Å². The van der Waals surface area contributed by atoms with Crippen LogP contribution in [0.15, 0.2) is 0 Å². The van der Waals surface area contributed by atoms with E-state index in [4.69, 9.17) is 0 Å². The molecule has 0 aromatic rings. The fourth-order valence-corrected chi connectivity index (χ4v) is 9.92. The molecule has 0 saturated carbocycles. The molecule has 0 aromatic heterocycles. The summed E-state index contributed by atoms with van der Waals surface area (Å²) in [7, 11) is 0. The fourth-order valence-electron chi connectivity index (χ4n) is 9.92. The number of hydrogen-bond donors (Lipinski definition) is 0. The average molecular weight is 647 g/mol. The lowest BCUT2D eigenvalue weighted by Gasteiger charge is -2.44. The van der Waals surface area contributed by atoms with Crippen LogP contribution in [0.1, 0.15) is 172 Å². The van der Waals surface area contributed by atoms with E-state index in [1.807, 2.05) is 0 Å². The predicted molar refractivity (Wildman–Crippen MR) is 213 cm³/mol. The summed E-state index contributed by atoms with van der Waals surface area (Å²) in [5.74, 6) is 16.0. The second kappa shape index (κ2) is 20.6. The van der Waals surface area contributed by atoms with Crippen molar-refractivity contribution >= 4 is 0 Å². The van der Waals surface area contributed by atoms with E-state index < -0.39 is 0 Å². The third-order valence-corrected chi connectivity index (χ3v) is 18.0. The van der Waals surface area contributed by atoms with Crippen LogP contribution in [-0.4, -0.2) is 0 Å². The zero-order chi connectivity index (χ0) is 36.5. The van der Waals surface area contributed by atoms with Crippen LogP contribution in [0, 0.1) is 124 Å². The van der Waals surface area contributed by atoms with Crippen LogP contribution in [0.25, 0.3) is 0 Å². The SMILES string of the molecule is CCC(C)C(C)C(C)C(C)C(C)C(C)C(C)C(C)C(C)C(C)C(C)C(C)C(C)C(C)C(C)C(C)C(C)C(C)C(C)C(C)C(C)CC. The minimum atomic E-state index is 0.736. The second-order valence-corrected chi connectivity index (χ2v) is 19.1. The van der Waals surface area contributed by atoms with E-state index in [1.54, 1.807) is 0 Å². The Morgan fingerprint density at radius 3 is 0.348 bits per heavy atom. The fraction of sp³-hybridized carbons (Fsp3) is 1.00. The van der Waals surface area contributed by atoms with Crippen LogP contribution in [0.3, 0.4) is 0 Å². The summed E-state index contributed by atoms with van der Waals surface area (Å²) in [6.07, 6.45) is 2.60. The lowest BCUT2D eigenvalue weighted by molar-refractivity contribution is 0.0451. The second-order valence-electron chi connectivity index (χ2n) is 19.1. The zero-order valence-corrected chi connectivity index (χ0v) is 36.5. The molecule has 0 saturated heterocycles. The summed E-state index contributed by atoms with van der Waals surface area (Å²) < 4.78 is 0. The van der Waals surface area contributed by atoms with Gasteiger partial charge in [0, 0.05) is 0 Å². The molecule has 278 valence electrons. The maximum absolute atomic E-state index is 2.59. The Kier molecular flexibility index (Phi) is 20.6. The molecular formula is C46H94. The molecular weight excluding hydrogens is 553 g/mol. The predicted octanol–water partition coefficient (Wildman–Crippen LogP) is 15.2. The molecule has 0 radical (unpaired) electrons. The maximum Gasteiger partial charge on any atom is -0.0386 e. The highest BCUT2D eigenvalue weighted by atomic mass is 14.4. The smallest absolute Gasteiger partial charge is 0.0386 e. The van der Waals surface area contributed by atoms with Crippen LogP contribution >= 0.6 is 0 Å². The van der Waals surface area contributed by atoms with Gasteiger partial charge >= 0.3 is 0 Å². The molecule has 0 nitrogen and oxygen atoms in total. The molecule has 0 fully saturated rings. The summed E-state index contributed by atoms with van der Waals surface area (Å²) >= 11 is 0. The molecule has 0 aromatic carbocycles. The van der Waals surface area contributed by atoms with E-state index in [1.165, 1.54) is 12.8 Å². The minimum Gasteiger partial charge on any atom is -0.0651 e. The van der Waals surface area contributed by atoms with Gasteiger partial charge in [-0.2, -0.15) is 0 Å². The third kappa shape index (κ3) is 11.5. The first-order chi connectivity index (χ1) is 21.0. The van der Waals surface area contributed by atoms with E-state index in [-0.39, 0.29) is 0 Å². The first-order valence-electron chi connectivity index (χ1n) is 21.0. The molecule has 0 aliphatic carbocycles. The van der Waals surface area contributed by atoms with Crippen molar-refractivity contribution in [2.75, 3.05) is 0 Å². The molecule has 0 aliphatic heterocycles. The summed E-state index contributed by atoms with van der Waals surface area (Å²) in [4.78, 5) is 0. The molecule has 0 spiro atoms. The Balaban J connectivity index is 5.50. The molecule has 0 heterocycles. The highest BCUT2D eigenvalue weighted by molar-refractivity contribution is 4.87. The van der Waals surface area contributed by atoms with Crippen LogP contribution in [0.5, 0.6) is 0 Å². The first-order valence-corrected chi connectivity index (χ1v) is 21.0. The molecule has 0 amide bonds. The molecule has 46 heavy (non-hydrogen) atoms. The van der Waals surface area contributed by atoms with Crippen LogP contribution in [0.4, 0.5) is 0 Å². The van der Waals surface area contributed by atoms with Gasteiger partial charge < -0.3 is 0 Å². The van der Waals surface area contributed by atoms with E-state index >= 15 is 0 Å². The van der Waals surface area contributed by atoms with Crippen molar-refractivity contribution < 1.29 is 0 Å². The van der Waals surface area contributed by atoms with Crippen LogP contribution in [0.2, 0.25) is 0 Å². The van der Waals surface area contributed by atoms with Gasteiger partial charge in [-0.3, -0.25) is 0 Å². The Morgan fingerprint density at radius 1 is 0.174 bits per heavy atom. The Labute approximate surface area is 295 Å². The van der Waals surface area contributed by atoms with Gasteiger partial charge in [0.1, 0.15) is 0 Å². The highest BCUT2D eigenvalue weighted by Crippen LogP contribution is 2.45. The summed E-state index contributed by atoms with van der Waals surface area (Å²) in [5, 5.41) is 0. The average Bonchev–Trinajstić information content (AvgIpc) is 3.07. The zero-order valence-electron chi connectivity index (χ0n) is 36.5. The largest absolute Gasteiger partial charge is 0.0651 e. The number of hydrogen-bond acceptors (Lipinski definition) is 0. The van der Waals surface area contributed by atoms with Gasteiger partial charge in [-0.1, -0.05) is 172 Å². The van der Waals surface area contributed by atoms with Crippen molar-refractivity contribution in [3.63, 3.8) is 0 Å². The van der Waals surface area contributed by atoms with Gasteiger partial charge in [0.25, 0.3) is 0 Å². The monoisotopic (exact) mass is 647 g/mol. The molecule has 0 heteroatoms. The molecule has 20 atom stereocenters. The van der Waals surface area contributed by atoms with Crippen molar-refractivity contribution in [3.05, 3.63) is 0 Å². The van der Waals surface area contributed by atoms with Gasteiger partial charge in [-0.25, -0.2) is 0 Å². The summed E-state index contributed by atoms with van der Waals surface area (Å²) in [6.45, 7) is 58.4. The lowest BCUT2D eigenvalue weighted by Crippen LogP contribution is -2.38. The molecule has 20 unspecified atom stereocenters. The first kappa shape index (κ1) is 46.0. The van der Waals surface area contributed by atoms with Crippen LogP contribution < -0.4 is 0 Å². The van der Waals surface area contributed by atoms with Gasteiger partial charge in [-0.15, -0.1) is 0 Å². The molecule has 0 bridgehead atoms. The topological polar surface area (TPSA) is 0 Å². The lowest BCUT2D eigenvalue weighted by atomic mass is 9.61. The quantitative estimate of drug-likeness (QED) is 0.110. The van der Waals surface area contributed by atoms with Crippen LogP contribution in [-0.2, 0) is 0 Å². The molecule has 0 N–H and O–H groups in total. The Morgan fingerprint density at radius 2 is 0.261 bits per heavy atom. The number of rotatable bonds is 22. The van der Waals surface area contributed by atoms with Crippen molar-refractivity contribution in [1.29, 1.82) is 0 Å². The summed E-state index contributed by atoms with van der Waals surface area (Å²) in [6, 6.07) is 0. The van der Waals surface area contributed by atoms with Crippen molar-refractivity contribution in [1.82, 2.24) is 0 Å². The highest BCUT2D eigenvalue weighted by Gasteiger charge is 2.39. The van der Waals surface area contributed by atoms with E-state index in [9.17, 15) is 0 Å². The minimum absolute atomic E-state index is 0.736. The normalized spacial score (nSPS) is 26.7. The van der Waals surface area contributed by atoms with Crippen molar-refractivity contribution in [2.24, 2.45) is 124 Å². The van der Waals surface area contributed by atoms with Gasteiger partial charge in [0.2, 0.25) is 0 Å². The van der Waals surface area contributed by atoms with Gasteiger partial charge in [-0.05, 0) is 124 Å². The molecule has 0 aliphatic rings. The summed E-state index contributed by atoms with van der Waals surface area (Å²) in [5.41, 5.74) is 0. The Hall–Kier alpha value is 0. The maximum atomic E-state index is 2.59. The van der Waals surface area contributed by atoms with Crippen molar-refractivity contribution in [2.45, 2.75) is 172 Å². The Bertz CT molecular complexity index is 719. The van der Waals surface area contributed by atoms with Gasteiger partial charge in [0.15, 0.2) is 0 Å². The van der Waals surface area contributed by atoms with E-state index in [2.05, 4.69) is 159 Å². The van der Waals surface area contributed by atoms with Gasteiger partial charge in [0.05, 0.1) is 0 Å². The third-order valence-electron chi connectivity index (χ3n) is 18.0. The van der Waals surface area contributed by atoms with E-state index in [0.717, 1.165) is 124 Å². The van der Waals surface area contributed by atoms with E-state index in [0.29, 0.717) is 0 Å².